The minimum Gasteiger partial charge on any atom is -0.508 e. The lowest BCUT2D eigenvalue weighted by Crippen LogP contribution is -2.55. The molecule has 1 fully saturated rings. The number of phenolic OH excluding ortho intramolecular Hbond substituents is 1. The van der Waals surface area contributed by atoms with E-state index in [0.29, 0.717) is 6.42 Å². The van der Waals surface area contributed by atoms with Gasteiger partial charge in [0.05, 0.1) is 8.07 Å². The second-order valence-corrected chi connectivity index (χ2v) is 14.7. The van der Waals surface area contributed by atoms with Crippen molar-refractivity contribution in [3.05, 3.63) is 95.6 Å². The molecule has 3 aromatic carbocycles. The number of hydrogen-bond acceptors (Lipinski definition) is 4. The number of aliphatic hydroxyl groups excluding tert-OH is 1. The van der Waals surface area contributed by atoms with E-state index in [1.54, 1.807) is 12.1 Å². The van der Waals surface area contributed by atoms with Gasteiger partial charge in [-0.2, -0.15) is 0 Å². The highest BCUT2D eigenvalue weighted by Crippen LogP contribution is 2.35. The zero-order valence-corrected chi connectivity index (χ0v) is 24.5. The maximum Gasteiger partial charge on any atom is 0.115 e. The van der Waals surface area contributed by atoms with Gasteiger partial charge in [-0.3, -0.25) is 0 Å². The maximum absolute atomic E-state index is 9.91. The molecule has 3 N–H and O–H groups in total. The summed E-state index contributed by atoms with van der Waals surface area (Å²) in [6.07, 6.45) is 2.66. The molecule has 0 aliphatic carbocycles. The third-order valence-corrected chi connectivity index (χ3v) is 10.1. The minimum atomic E-state index is -1.61. The molecule has 37 heavy (non-hydrogen) atoms. The molecule has 0 radical (unpaired) electrons. The average molecular weight is 560 g/mol. The first-order chi connectivity index (χ1) is 17.0. The van der Waals surface area contributed by atoms with Crippen molar-refractivity contribution < 1.29 is 10.2 Å². The van der Waals surface area contributed by atoms with Crippen LogP contribution >= 0.6 is 24.8 Å². The van der Waals surface area contributed by atoms with Gasteiger partial charge in [-0.05, 0) is 59.0 Å². The number of aromatic hydroxyl groups is 1. The molecule has 1 saturated heterocycles. The molecule has 0 aromatic heterocycles. The van der Waals surface area contributed by atoms with Crippen LogP contribution in [0.3, 0.4) is 0 Å². The molecule has 1 aliphatic heterocycles. The van der Waals surface area contributed by atoms with Crippen molar-refractivity contribution in [1.82, 2.24) is 10.2 Å². The maximum atomic E-state index is 9.91. The summed E-state index contributed by atoms with van der Waals surface area (Å²) in [5.74, 6) is 0.265. The van der Waals surface area contributed by atoms with Gasteiger partial charge in [0.2, 0.25) is 0 Å². The number of benzene rings is 3. The number of hydrogen-bond donors (Lipinski definition) is 3. The Bertz CT molecular complexity index is 1110. The number of aliphatic hydroxyl groups is 1. The quantitative estimate of drug-likeness (QED) is 0.245. The van der Waals surface area contributed by atoms with Crippen molar-refractivity contribution in [2.45, 2.75) is 25.9 Å². The summed E-state index contributed by atoms with van der Waals surface area (Å²) in [7, 11) is -1.61. The zero-order valence-electron chi connectivity index (χ0n) is 21.8. The van der Waals surface area contributed by atoms with E-state index in [9.17, 15) is 10.2 Å². The first-order valence-electron chi connectivity index (χ1n) is 12.7. The Morgan fingerprint density at radius 1 is 0.811 bits per heavy atom. The molecule has 0 atom stereocenters. The molecule has 3 aromatic rings. The molecule has 7 heteroatoms. The number of nitrogens with one attached hydrogen (secondary N) is 1. The second kappa shape index (κ2) is 14.7. The van der Waals surface area contributed by atoms with Crippen molar-refractivity contribution in [2.75, 3.05) is 39.0 Å². The fourth-order valence-electron chi connectivity index (χ4n) is 5.06. The van der Waals surface area contributed by atoms with Crippen molar-refractivity contribution in [2.24, 2.45) is 0 Å². The van der Waals surface area contributed by atoms with Crippen LogP contribution in [0, 0.1) is 0 Å². The van der Waals surface area contributed by atoms with Crippen LogP contribution in [0.25, 0.3) is 11.1 Å². The van der Waals surface area contributed by atoms with Crippen LogP contribution in [-0.2, 0) is 0 Å². The summed E-state index contributed by atoms with van der Waals surface area (Å²) < 4.78 is 0. The molecule has 0 spiro atoms. The molecule has 200 valence electrons. The molecule has 0 amide bonds. The lowest BCUT2D eigenvalue weighted by atomic mass is 9.87. The number of phenols is 1. The lowest BCUT2D eigenvalue weighted by molar-refractivity contribution is 0.273. The van der Waals surface area contributed by atoms with Crippen LogP contribution in [0.4, 0.5) is 0 Å². The second-order valence-electron chi connectivity index (χ2n) is 10.1. The highest BCUT2D eigenvalue weighted by atomic mass is 35.5. The Kier molecular flexibility index (Phi) is 12.4. The Morgan fingerprint density at radius 2 is 1.38 bits per heavy atom. The summed E-state index contributed by atoms with van der Waals surface area (Å²) in [4.78, 5) is 2.61. The number of nitrogens with zero attached hydrogens (tertiary/aromatic N) is 1. The van der Waals surface area contributed by atoms with Gasteiger partial charge in [0.15, 0.2) is 0 Å². The van der Waals surface area contributed by atoms with Gasteiger partial charge in [-0.15, -0.1) is 24.8 Å². The third-order valence-electron chi connectivity index (χ3n) is 6.95. The fraction of sp³-hybridized carbons (Fsp3) is 0.333. The van der Waals surface area contributed by atoms with Crippen molar-refractivity contribution in [3.8, 4) is 5.75 Å². The monoisotopic (exact) mass is 558 g/mol. The standard InChI is InChI=1S/C30H38N2O2Si.2ClH/c1-35(2,23-32-20-18-31-19-21-32)28-16-12-26(13-17-28)30(25-10-14-27(34)15-11-25)29(9-6-22-33)24-7-4-3-5-8-24;;/h3-5,7-8,10-17,31,33-34H,6,9,18-23H2,1-2H3;2*1H/b30-29-;;. The lowest BCUT2D eigenvalue weighted by Gasteiger charge is -2.34. The topological polar surface area (TPSA) is 55.7 Å². The number of piperazine rings is 1. The normalized spacial score (nSPS) is 14.8. The predicted molar refractivity (Wildman–Crippen MR) is 164 cm³/mol. The number of halogens is 2. The summed E-state index contributed by atoms with van der Waals surface area (Å²) in [6.45, 7) is 9.53. The van der Waals surface area contributed by atoms with Gasteiger partial charge in [-0.1, -0.05) is 85.0 Å². The van der Waals surface area contributed by atoms with Crippen LogP contribution < -0.4 is 10.5 Å². The van der Waals surface area contributed by atoms with Gasteiger partial charge in [0.25, 0.3) is 0 Å². The minimum absolute atomic E-state index is 0. The van der Waals surface area contributed by atoms with Crippen molar-refractivity contribution in [1.29, 1.82) is 0 Å². The number of rotatable bonds is 9. The van der Waals surface area contributed by atoms with E-state index in [2.05, 4.69) is 71.8 Å². The SMILES string of the molecule is C[Si](C)(CN1CCNCC1)c1ccc(/C(=C(/CCCO)c2ccccc2)c2ccc(O)cc2)cc1.Cl.Cl. The third kappa shape index (κ3) is 8.18. The smallest absolute Gasteiger partial charge is 0.115 e. The van der Waals surface area contributed by atoms with E-state index >= 15 is 0 Å². The van der Waals surface area contributed by atoms with Crippen LogP contribution in [0.1, 0.15) is 29.5 Å². The molecule has 0 bridgehead atoms. The first kappa shape index (κ1) is 31.1. The Balaban J connectivity index is 0.00000241. The molecular weight excluding hydrogens is 519 g/mol. The molecule has 1 aliphatic rings. The summed E-state index contributed by atoms with van der Waals surface area (Å²) in [5.41, 5.74) is 5.79. The zero-order chi connectivity index (χ0) is 24.7. The molecule has 4 nitrogen and oxygen atoms in total. The van der Waals surface area contributed by atoms with E-state index in [1.807, 2.05) is 18.2 Å². The van der Waals surface area contributed by atoms with Gasteiger partial charge in [-0.25, -0.2) is 0 Å². The molecule has 1 heterocycles. The highest BCUT2D eigenvalue weighted by Gasteiger charge is 2.27. The summed E-state index contributed by atoms with van der Waals surface area (Å²) >= 11 is 0. The summed E-state index contributed by atoms with van der Waals surface area (Å²) in [5, 5.41) is 24.5. The highest BCUT2D eigenvalue weighted by molar-refractivity contribution is 6.90. The largest absolute Gasteiger partial charge is 0.508 e. The van der Waals surface area contributed by atoms with Gasteiger partial charge in [0, 0.05) is 32.8 Å². The Hall–Kier alpha value is -2.12. The van der Waals surface area contributed by atoms with Crippen LogP contribution in [-0.4, -0.2) is 62.1 Å². The van der Waals surface area contributed by atoms with Crippen LogP contribution in [0.15, 0.2) is 78.9 Å². The fourth-order valence-corrected chi connectivity index (χ4v) is 7.75. The number of allylic oxidation sites excluding steroid dienone is 1. The average Bonchev–Trinajstić information content (AvgIpc) is 2.88. The first-order valence-corrected chi connectivity index (χ1v) is 15.9. The summed E-state index contributed by atoms with van der Waals surface area (Å²) in [6, 6.07) is 27.1. The Labute approximate surface area is 235 Å². The van der Waals surface area contributed by atoms with E-state index in [0.717, 1.165) is 43.7 Å². The van der Waals surface area contributed by atoms with Crippen molar-refractivity contribution >= 4 is 49.2 Å². The molecular formula is C30H40Cl2N2O2Si. The van der Waals surface area contributed by atoms with Gasteiger partial charge < -0.3 is 20.4 Å². The molecule has 0 saturated carbocycles. The van der Waals surface area contributed by atoms with E-state index in [4.69, 9.17) is 0 Å². The molecule has 0 unspecified atom stereocenters. The van der Waals surface area contributed by atoms with Crippen molar-refractivity contribution in [3.63, 3.8) is 0 Å². The van der Waals surface area contributed by atoms with Crippen LogP contribution in [0.2, 0.25) is 13.1 Å². The molecule has 4 rings (SSSR count). The predicted octanol–water partition coefficient (Wildman–Crippen LogP) is 5.33. The van der Waals surface area contributed by atoms with E-state index in [-0.39, 0.29) is 37.2 Å². The van der Waals surface area contributed by atoms with E-state index < -0.39 is 8.07 Å². The van der Waals surface area contributed by atoms with Crippen LogP contribution in [0.5, 0.6) is 5.75 Å². The Morgan fingerprint density at radius 3 is 1.95 bits per heavy atom. The van der Waals surface area contributed by atoms with Gasteiger partial charge in [0.1, 0.15) is 5.75 Å². The van der Waals surface area contributed by atoms with Gasteiger partial charge >= 0.3 is 0 Å². The van der Waals surface area contributed by atoms with E-state index in [1.165, 1.54) is 28.1 Å².